The van der Waals surface area contributed by atoms with E-state index in [1.807, 2.05) is 6.92 Å². The van der Waals surface area contributed by atoms with Crippen LogP contribution in [0.1, 0.15) is 60.3 Å². The summed E-state index contributed by atoms with van der Waals surface area (Å²) in [4.78, 5) is 0. The molecule has 0 amide bonds. The Bertz CT molecular complexity index is 349. The molecule has 0 heteroatoms. The van der Waals surface area contributed by atoms with Crippen molar-refractivity contribution < 1.29 is 0 Å². The molecular weight excluding hydrogens is 204 g/mol. The van der Waals surface area contributed by atoms with Crippen LogP contribution in [0, 0.1) is 11.8 Å². The van der Waals surface area contributed by atoms with Gasteiger partial charge in [0.05, 0.1) is 0 Å². The zero-order valence-electron chi connectivity index (χ0n) is 12.1. The van der Waals surface area contributed by atoms with Crippen molar-refractivity contribution in [3.63, 3.8) is 0 Å². The molecule has 94 valence electrons. The second-order valence-electron chi connectivity index (χ2n) is 4.60. The van der Waals surface area contributed by atoms with Crippen LogP contribution in [0.3, 0.4) is 0 Å². The van der Waals surface area contributed by atoms with Crippen molar-refractivity contribution in [1.29, 1.82) is 0 Å². The van der Waals surface area contributed by atoms with E-state index in [-0.39, 0.29) is 0 Å². The molecule has 0 spiro atoms. The van der Waals surface area contributed by atoms with Gasteiger partial charge in [0.15, 0.2) is 0 Å². The van der Waals surface area contributed by atoms with E-state index in [0.29, 0.717) is 0 Å². The van der Waals surface area contributed by atoms with Crippen molar-refractivity contribution >= 4 is 0 Å². The predicted octanol–water partition coefficient (Wildman–Crippen LogP) is 5.43. The first kappa shape index (κ1) is 15.8. The number of hydrogen-bond acceptors (Lipinski definition) is 0. The molecule has 0 N–H and O–H groups in total. The Kier molecular flexibility index (Phi) is 9.25. The van der Waals surface area contributed by atoms with Crippen molar-refractivity contribution in [3.05, 3.63) is 34.9 Å². The highest BCUT2D eigenvalue weighted by Crippen LogP contribution is 2.11. The molecule has 0 unspecified atom stereocenters. The van der Waals surface area contributed by atoms with Crippen LogP contribution in [0.25, 0.3) is 0 Å². The molecule has 0 bridgehead atoms. The second-order valence-corrected chi connectivity index (χ2v) is 4.60. The largest absolute Gasteiger partial charge is 0.102 e. The third-order valence-electron chi connectivity index (χ3n) is 2.67. The fraction of sp³-hybridized carbons (Fsp3) is 0.529. The van der Waals surface area contributed by atoms with Gasteiger partial charge in [0.1, 0.15) is 0 Å². The van der Waals surface area contributed by atoms with Gasteiger partial charge in [-0.3, -0.25) is 0 Å². The maximum Gasteiger partial charge on any atom is -0.00165 e. The van der Waals surface area contributed by atoms with E-state index in [1.165, 1.54) is 16.7 Å². The zero-order valence-corrected chi connectivity index (χ0v) is 12.1. The summed E-state index contributed by atoms with van der Waals surface area (Å²) in [6, 6.07) is 0. The molecule has 0 aromatic carbocycles. The number of allylic oxidation sites excluding steroid dienone is 6. The summed E-state index contributed by atoms with van der Waals surface area (Å²) in [5.41, 5.74) is 4.13. The Hall–Kier alpha value is -1.22. The molecular formula is C17H26. The maximum absolute atomic E-state index is 3.21. The normalized spacial score (nSPS) is 11.8. The summed E-state index contributed by atoms with van der Waals surface area (Å²) in [5, 5.41) is 0. The van der Waals surface area contributed by atoms with E-state index in [0.717, 1.165) is 25.7 Å². The highest BCUT2D eigenvalue weighted by Gasteiger charge is 1.93. The van der Waals surface area contributed by atoms with Crippen molar-refractivity contribution in [3.8, 4) is 11.8 Å². The molecule has 0 nitrogen and oxygen atoms in total. The third-order valence-corrected chi connectivity index (χ3v) is 2.67. The average Bonchev–Trinajstić information content (AvgIpc) is 2.28. The molecule has 0 aliphatic rings. The zero-order chi connectivity index (χ0) is 13.1. The van der Waals surface area contributed by atoms with Crippen LogP contribution in [0.4, 0.5) is 0 Å². The standard InChI is InChI=1S/C17H26/c1-6-10-17(13-8-11-15(3)4)14-9-12-16(5)7-2/h7,11,14H,8-9,12-13H2,1-5H3. The van der Waals surface area contributed by atoms with Gasteiger partial charge in [-0.25, -0.2) is 0 Å². The van der Waals surface area contributed by atoms with Crippen molar-refractivity contribution in [1.82, 2.24) is 0 Å². The molecule has 0 fully saturated rings. The fourth-order valence-electron chi connectivity index (χ4n) is 1.51. The Morgan fingerprint density at radius 2 is 1.65 bits per heavy atom. The van der Waals surface area contributed by atoms with E-state index in [4.69, 9.17) is 0 Å². The summed E-state index contributed by atoms with van der Waals surface area (Å²) in [7, 11) is 0. The van der Waals surface area contributed by atoms with Crippen LogP contribution in [0.2, 0.25) is 0 Å². The molecule has 0 radical (unpaired) electrons. The highest BCUT2D eigenvalue weighted by atomic mass is 14.0. The van der Waals surface area contributed by atoms with Crippen molar-refractivity contribution in [2.75, 3.05) is 0 Å². The summed E-state index contributed by atoms with van der Waals surface area (Å²) in [6.45, 7) is 10.5. The van der Waals surface area contributed by atoms with Gasteiger partial charge >= 0.3 is 0 Å². The van der Waals surface area contributed by atoms with Gasteiger partial charge in [-0.2, -0.15) is 0 Å². The second kappa shape index (κ2) is 9.97. The molecule has 0 rings (SSSR count). The first-order valence-corrected chi connectivity index (χ1v) is 6.47. The van der Waals surface area contributed by atoms with Crippen molar-refractivity contribution in [2.24, 2.45) is 0 Å². The summed E-state index contributed by atoms with van der Waals surface area (Å²) in [6.07, 6.45) is 11.2. The van der Waals surface area contributed by atoms with Crippen LogP contribution in [0.5, 0.6) is 0 Å². The molecule has 0 aliphatic heterocycles. The topological polar surface area (TPSA) is 0 Å². The van der Waals surface area contributed by atoms with Crippen LogP contribution < -0.4 is 0 Å². The van der Waals surface area contributed by atoms with Gasteiger partial charge in [-0.15, -0.1) is 5.92 Å². The molecule has 0 aromatic heterocycles. The number of rotatable bonds is 6. The van der Waals surface area contributed by atoms with Gasteiger partial charge < -0.3 is 0 Å². The minimum absolute atomic E-state index is 1.07. The Morgan fingerprint density at radius 3 is 2.18 bits per heavy atom. The molecule has 0 heterocycles. The lowest BCUT2D eigenvalue weighted by molar-refractivity contribution is 0.939. The SMILES string of the molecule is CC#CC(=CCCC(C)=CC)CCC=C(C)C. The summed E-state index contributed by atoms with van der Waals surface area (Å²) in [5.74, 6) is 6.21. The van der Waals surface area contributed by atoms with E-state index >= 15 is 0 Å². The minimum Gasteiger partial charge on any atom is -0.102 e. The lowest BCUT2D eigenvalue weighted by Gasteiger charge is -2.00. The third kappa shape index (κ3) is 9.69. The van der Waals surface area contributed by atoms with E-state index in [2.05, 4.69) is 57.8 Å². The first-order valence-electron chi connectivity index (χ1n) is 6.47. The Labute approximate surface area is 108 Å². The number of hydrogen-bond donors (Lipinski definition) is 0. The quantitative estimate of drug-likeness (QED) is 0.421. The van der Waals surface area contributed by atoms with E-state index < -0.39 is 0 Å². The van der Waals surface area contributed by atoms with Gasteiger partial charge in [0.2, 0.25) is 0 Å². The Morgan fingerprint density at radius 1 is 1.00 bits per heavy atom. The molecule has 0 saturated heterocycles. The highest BCUT2D eigenvalue weighted by molar-refractivity contribution is 5.28. The van der Waals surface area contributed by atoms with Gasteiger partial charge in [-0.1, -0.05) is 35.3 Å². The molecule has 0 atom stereocenters. The fourth-order valence-corrected chi connectivity index (χ4v) is 1.51. The molecule has 0 saturated carbocycles. The Balaban J connectivity index is 4.25. The van der Waals surface area contributed by atoms with Crippen molar-refractivity contribution in [2.45, 2.75) is 60.3 Å². The van der Waals surface area contributed by atoms with Crippen LogP contribution in [-0.2, 0) is 0 Å². The monoisotopic (exact) mass is 230 g/mol. The first-order chi connectivity index (χ1) is 8.10. The van der Waals surface area contributed by atoms with Crippen LogP contribution >= 0.6 is 0 Å². The maximum atomic E-state index is 3.21. The average molecular weight is 230 g/mol. The lowest BCUT2D eigenvalue weighted by atomic mass is 10.1. The van der Waals surface area contributed by atoms with Gasteiger partial charge in [-0.05, 0) is 65.9 Å². The molecule has 0 aliphatic carbocycles. The molecule has 17 heavy (non-hydrogen) atoms. The predicted molar refractivity (Wildman–Crippen MR) is 78.9 cm³/mol. The molecule has 0 aromatic rings. The van der Waals surface area contributed by atoms with Gasteiger partial charge in [0.25, 0.3) is 0 Å². The van der Waals surface area contributed by atoms with E-state index in [1.54, 1.807) is 0 Å². The summed E-state index contributed by atoms with van der Waals surface area (Å²) < 4.78 is 0. The summed E-state index contributed by atoms with van der Waals surface area (Å²) >= 11 is 0. The smallest absolute Gasteiger partial charge is 0.00165 e. The minimum atomic E-state index is 1.07. The van der Waals surface area contributed by atoms with Crippen LogP contribution in [0.15, 0.2) is 34.9 Å². The van der Waals surface area contributed by atoms with Gasteiger partial charge in [0, 0.05) is 0 Å². The van der Waals surface area contributed by atoms with E-state index in [9.17, 15) is 0 Å². The lowest BCUT2D eigenvalue weighted by Crippen LogP contribution is -1.82. The van der Waals surface area contributed by atoms with Crippen LogP contribution in [-0.4, -0.2) is 0 Å².